The van der Waals surface area contributed by atoms with Gasteiger partial charge in [-0.05, 0) is 109 Å². The van der Waals surface area contributed by atoms with Gasteiger partial charge in [-0.1, -0.05) is 133 Å². The highest BCUT2D eigenvalue weighted by Crippen LogP contribution is 2.44. The molecule has 0 bridgehead atoms. The van der Waals surface area contributed by atoms with Crippen molar-refractivity contribution in [3.05, 3.63) is 188 Å². The monoisotopic (exact) mass is 637 g/mol. The second-order valence-electron chi connectivity index (χ2n) is 12.9. The Morgan fingerprint density at radius 1 is 0.340 bits per heavy atom. The molecule has 0 N–H and O–H groups in total. The van der Waals surface area contributed by atoms with E-state index < -0.39 is 0 Å². The van der Waals surface area contributed by atoms with Crippen molar-refractivity contribution in [1.82, 2.24) is 0 Å². The Labute approximate surface area is 290 Å². The highest BCUT2D eigenvalue weighted by atomic mass is 16.3. The molecule has 0 fully saturated rings. The van der Waals surface area contributed by atoms with Crippen molar-refractivity contribution in [2.45, 2.75) is 0 Å². The summed E-state index contributed by atoms with van der Waals surface area (Å²) < 4.78 is 6.35. The zero-order chi connectivity index (χ0) is 33.0. The maximum absolute atomic E-state index is 6.35. The molecule has 0 amide bonds. The largest absolute Gasteiger partial charge is 0.456 e. The summed E-state index contributed by atoms with van der Waals surface area (Å²) in [4.78, 5) is 2.36. The smallest absolute Gasteiger partial charge is 0.137 e. The molecule has 2 nitrogen and oxygen atoms in total. The van der Waals surface area contributed by atoms with Crippen LogP contribution in [-0.2, 0) is 0 Å². The zero-order valence-corrected chi connectivity index (χ0v) is 27.3. The van der Waals surface area contributed by atoms with Crippen LogP contribution in [-0.4, -0.2) is 0 Å². The summed E-state index contributed by atoms with van der Waals surface area (Å²) in [7, 11) is 0. The molecule has 0 saturated heterocycles. The molecule has 50 heavy (non-hydrogen) atoms. The molecule has 0 radical (unpaired) electrons. The number of para-hydroxylation sites is 1. The number of hydrogen-bond acceptors (Lipinski definition) is 2. The van der Waals surface area contributed by atoms with Gasteiger partial charge in [-0.15, -0.1) is 0 Å². The SMILES string of the molecule is c1ccc2cc(-c3ccc(N(c4ccc(-c5cc6ccccc6c6ccccc56)cc4)c4cccc5oc6ccccc6c45)cc3)ccc2c1. The van der Waals surface area contributed by atoms with E-state index in [1.165, 1.54) is 54.6 Å². The molecule has 9 aromatic carbocycles. The fraction of sp³-hybridized carbons (Fsp3) is 0. The lowest BCUT2D eigenvalue weighted by molar-refractivity contribution is 0.669. The highest BCUT2D eigenvalue weighted by Gasteiger charge is 2.20. The summed E-state index contributed by atoms with van der Waals surface area (Å²) in [6, 6.07) is 67.5. The van der Waals surface area contributed by atoms with Crippen LogP contribution < -0.4 is 4.90 Å². The second kappa shape index (κ2) is 11.5. The summed E-state index contributed by atoms with van der Waals surface area (Å²) in [5, 5.41) is 9.76. The lowest BCUT2D eigenvalue weighted by Crippen LogP contribution is -2.10. The van der Waals surface area contributed by atoms with E-state index in [9.17, 15) is 0 Å². The maximum atomic E-state index is 6.35. The normalized spacial score (nSPS) is 11.6. The van der Waals surface area contributed by atoms with Crippen molar-refractivity contribution >= 4 is 71.3 Å². The standard InChI is InChI=1S/C48H31NO/c1-2-11-35-30-36(21-20-32(35)10-1)33-22-26-38(27-23-33)49(45-17-9-19-47-48(45)43-16-7-8-18-46(43)50-47)39-28-24-34(25-29-39)44-31-37-12-3-4-13-40(37)41-14-5-6-15-42(41)44/h1-31H. The summed E-state index contributed by atoms with van der Waals surface area (Å²) in [6.07, 6.45) is 0. The third-order valence-electron chi connectivity index (χ3n) is 10.0. The lowest BCUT2D eigenvalue weighted by Gasteiger charge is -2.27. The van der Waals surface area contributed by atoms with Gasteiger partial charge in [0.2, 0.25) is 0 Å². The molecule has 0 aliphatic carbocycles. The third kappa shape index (κ3) is 4.65. The minimum Gasteiger partial charge on any atom is -0.456 e. The van der Waals surface area contributed by atoms with Crippen molar-refractivity contribution in [2.24, 2.45) is 0 Å². The van der Waals surface area contributed by atoms with E-state index in [1.54, 1.807) is 0 Å². The first-order valence-corrected chi connectivity index (χ1v) is 17.1. The fourth-order valence-corrected chi connectivity index (χ4v) is 7.62. The topological polar surface area (TPSA) is 16.4 Å². The van der Waals surface area contributed by atoms with Crippen LogP contribution >= 0.6 is 0 Å². The van der Waals surface area contributed by atoms with E-state index in [-0.39, 0.29) is 0 Å². The van der Waals surface area contributed by atoms with Gasteiger partial charge in [-0.25, -0.2) is 0 Å². The number of fused-ring (bicyclic) bond motifs is 7. The van der Waals surface area contributed by atoms with Crippen molar-refractivity contribution in [1.29, 1.82) is 0 Å². The summed E-state index contributed by atoms with van der Waals surface area (Å²) >= 11 is 0. The van der Waals surface area contributed by atoms with Gasteiger partial charge in [-0.2, -0.15) is 0 Å². The van der Waals surface area contributed by atoms with Crippen LogP contribution in [0.25, 0.3) is 76.5 Å². The molecule has 10 aromatic rings. The van der Waals surface area contributed by atoms with Gasteiger partial charge in [0.1, 0.15) is 11.2 Å². The van der Waals surface area contributed by atoms with E-state index in [1.807, 2.05) is 12.1 Å². The van der Waals surface area contributed by atoms with Crippen molar-refractivity contribution in [3.8, 4) is 22.3 Å². The minimum atomic E-state index is 0.876. The number of hydrogen-bond donors (Lipinski definition) is 0. The minimum absolute atomic E-state index is 0.876. The Balaban J connectivity index is 1.13. The van der Waals surface area contributed by atoms with Crippen molar-refractivity contribution in [2.75, 3.05) is 4.90 Å². The molecule has 0 aliphatic heterocycles. The average Bonchev–Trinajstić information content (AvgIpc) is 3.58. The van der Waals surface area contributed by atoms with E-state index >= 15 is 0 Å². The first kappa shape index (κ1) is 28.4. The van der Waals surface area contributed by atoms with Crippen LogP contribution in [0.1, 0.15) is 0 Å². The summed E-state index contributed by atoms with van der Waals surface area (Å²) in [5.41, 5.74) is 9.82. The van der Waals surface area contributed by atoms with Crippen molar-refractivity contribution < 1.29 is 4.42 Å². The molecule has 1 heterocycles. The third-order valence-corrected chi connectivity index (χ3v) is 10.0. The molecular formula is C48H31NO. The number of furan rings is 1. The molecule has 0 aliphatic rings. The van der Waals surface area contributed by atoms with Gasteiger partial charge in [0.05, 0.1) is 11.1 Å². The number of anilines is 3. The molecule has 0 saturated carbocycles. The van der Waals surface area contributed by atoms with Gasteiger partial charge in [0.15, 0.2) is 0 Å². The maximum Gasteiger partial charge on any atom is 0.137 e. The van der Waals surface area contributed by atoms with Gasteiger partial charge in [0, 0.05) is 16.8 Å². The molecule has 10 rings (SSSR count). The van der Waals surface area contributed by atoms with Crippen LogP contribution in [0.15, 0.2) is 192 Å². The van der Waals surface area contributed by atoms with Crippen LogP contribution in [0.5, 0.6) is 0 Å². The van der Waals surface area contributed by atoms with Crippen LogP contribution in [0.4, 0.5) is 17.1 Å². The number of nitrogens with zero attached hydrogens (tertiary/aromatic N) is 1. The van der Waals surface area contributed by atoms with E-state index in [4.69, 9.17) is 4.42 Å². The first-order chi connectivity index (χ1) is 24.8. The van der Waals surface area contributed by atoms with Crippen LogP contribution in [0.2, 0.25) is 0 Å². The van der Waals surface area contributed by atoms with E-state index in [0.717, 1.165) is 39.0 Å². The van der Waals surface area contributed by atoms with Gasteiger partial charge < -0.3 is 9.32 Å². The highest BCUT2D eigenvalue weighted by molar-refractivity contribution is 6.15. The molecule has 0 atom stereocenters. The Morgan fingerprint density at radius 2 is 0.920 bits per heavy atom. The number of benzene rings is 9. The van der Waals surface area contributed by atoms with Gasteiger partial charge >= 0.3 is 0 Å². The first-order valence-electron chi connectivity index (χ1n) is 17.1. The molecular weight excluding hydrogens is 607 g/mol. The van der Waals surface area contributed by atoms with Crippen LogP contribution in [0, 0.1) is 0 Å². The number of rotatable bonds is 5. The summed E-state index contributed by atoms with van der Waals surface area (Å²) in [6.45, 7) is 0. The van der Waals surface area contributed by atoms with Crippen molar-refractivity contribution in [3.63, 3.8) is 0 Å². The van der Waals surface area contributed by atoms with Crippen LogP contribution in [0.3, 0.4) is 0 Å². The van der Waals surface area contributed by atoms with E-state index in [0.29, 0.717) is 0 Å². The second-order valence-corrected chi connectivity index (χ2v) is 12.9. The van der Waals surface area contributed by atoms with Gasteiger partial charge in [0.25, 0.3) is 0 Å². The molecule has 0 spiro atoms. The fourth-order valence-electron chi connectivity index (χ4n) is 7.62. The lowest BCUT2D eigenvalue weighted by atomic mass is 9.93. The Bertz CT molecular complexity index is 2860. The average molecular weight is 638 g/mol. The molecule has 0 unspecified atom stereocenters. The Morgan fingerprint density at radius 3 is 1.70 bits per heavy atom. The quantitative estimate of drug-likeness (QED) is 0.175. The molecule has 2 heteroatoms. The Hall–Kier alpha value is -6.64. The molecule has 234 valence electrons. The van der Waals surface area contributed by atoms with E-state index in [2.05, 4.69) is 181 Å². The Kier molecular flexibility index (Phi) is 6.53. The summed E-state index contributed by atoms with van der Waals surface area (Å²) in [5.74, 6) is 0. The zero-order valence-electron chi connectivity index (χ0n) is 27.3. The predicted octanol–water partition coefficient (Wildman–Crippen LogP) is 13.8. The van der Waals surface area contributed by atoms with Gasteiger partial charge in [-0.3, -0.25) is 0 Å². The molecule has 1 aromatic heterocycles. The predicted molar refractivity (Wildman–Crippen MR) is 212 cm³/mol.